The van der Waals surface area contributed by atoms with Crippen molar-refractivity contribution in [2.45, 2.75) is 57.8 Å². The molecule has 1 unspecified atom stereocenters. The molecule has 1 aliphatic heterocycles. The summed E-state index contributed by atoms with van der Waals surface area (Å²) in [5, 5.41) is 4.60. The normalized spacial score (nSPS) is 24.0. The molecule has 1 saturated carbocycles. The van der Waals surface area contributed by atoms with E-state index >= 15 is 0 Å². The van der Waals surface area contributed by atoms with E-state index < -0.39 is 17.6 Å². The van der Waals surface area contributed by atoms with Crippen molar-refractivity contribution in [2.24, 2.45) is 5.92 Å². The molecule has 6 nitrogen and oxygen atoms in total. The Morgan fingerprint density at radius 3 is 2.55 bits per heavy atom. The molecule has 2 N–H and O–H groups in total. The Morgan fingerprint density at radius 1 is 1.28 bits per heavy atom. The number of fused-ring (bicyclic) bond motifs is 2. The predicted molar refractivity (Wildman–Crippen MR) is 102 cm³/mol. The molecule has 9 heteroatoms. The highest BCUT2D eigenvalue weighted by molar-refractivity contribution is 5.74. The number of pyridine rings is 1. The Kier molecular flexibility index (Phi) is 4.59. The number of anilines is 1. The summed E-state index contributed by atoms with van der Waals surface area (Å²) in [6.07, 6.45) is -1.42. The van der Waals surface area contributed by atoms with E-state index in [1.54, 1.807) is 6.92 Å². The molecule has 0 spiro atoms. The van der Waals surface area contributed by atoms with E-state index in [2.05, 4.69) is 10.1 Å². The smallest absolute Gasteiger partial charge is 0.383 e. The molecule has 1 amide bonds. The lowest BCUT2D eigenvalue weighted by molar-refractivity contribution is -0.137. The second-order valence-electron chi connectivity index (χ2n) is 8.31. The second-order valence-corrected chi connectivity index (χ2v) is 8.31. The second kappa shape index (κ2) is 6.74. The van der Waals surface area contributed by atoms with Gasteiger partial charge >= 0.3 is 6.18 Å². The maximum Gasteiger partial charge on any atom is 0.419 e. The molecule has 2 aromatic rings. The van der Waals surface area contributed by atoms with Crippen LogP contribution in [0, 0.1) is 5.92 Å². The van der Waals surface area contributed by atoms with Gasteiger partial charge in [0.05, 0.1) is 11.3 Å². The number of nitrogen functional groups attached to an aromatic ring is 1. The van der Waals surface area contributed by atoms with Crippen LogP contribution in [0.1, 0.15) is 56.8 Å². The van der Waals surface area contributed by atoms with Crippen molar-refractivity contribution in [3.63, 3.8) is 0 Å². The summed E-state index contributed by atoms with van der Waals surface area (Å²) in [4.78, 5) is 17.4. The first-order valence-electron chi connectivity index (χ1n) is 9.76. The number of carbonyl (C=O) groups is 1. The summed E-state index contributed by atoms with van der Waals surface area (Å²) in [6, 6.07) is 3.18. The van der Waals surface area contributed by atoms with Gasteiger partial charge in [-0.25, -0.2) is 4.98 Å². The number of carbonyl (C=O) groups excluding carboxylic acids is 1. The molecule has 2 aliphatic rings. The van der Waals surface area contributed by atoms with Gasteiger partial charge in [0.2, 0.25) is 5.91 Å². The number of hydrogen-bond acceptors (Lipinski definition) is 4. The Bertz CT molecular complexity index is 952. The van der Waals surface area contributed by atoms with Gasteiger partial charge in [-0.1, -0.05) is 0 Å². The van der Waals surface area contributed by atoms with Gasteiger partial charge in [-0.2, -0.15) is 18.3 Å². The first-order chi connectivity index (χ1) is 13.6. The van der Waals surface area contributed by atoms with E-state index in [0.717, 1.165) is 31.1 Å². The average molecular weight is 407 g/mol. The highest BCUT2D eigenvalue weighted by atomic mass is 19.4. The zero-order valence-electron chi connectivity index (χ0n) is 16.6. The number of halogens is 3. The van der Waals surface area contributed by atoms with Gasteiger partial charge < -0.3 is 10.6 Å². The van der Waals surface area contributed by atoms with Gasteiger partial charge in [0.15, 0.2) is 0 Å². The molecule has 3 heterocycles. The molecule has 1 aliphatic carbocycles. The number of alkyl halides is 3. The minimum atomic E-state index is -4.57. The monoisotopic (exact) mass is 407 g/mol. The SMILES string of the molecule is CC(=O)N1C[C@H]2CC1C[C@@H]2c1cc(-c2cnc(N)c(C(F)(F)F)c2)nn1C(C)C. The van der Waals surface area contributed by atoms with Gasteiger partial charge in [-0.05, 0) is 44.7 Å². The Labute approximate surface area is 166 Å². The fourth-order valence-electron chi connectivity index (χ4n) is 4.78. The lowest BCUT2D eigenvalue weighted by atomic mass is 9.90. The summed E-state index contributed by atoms with van der Waals surface area (Å²) >= 11 is 0. The Hall–Kier alpha value is -2.58. The number of hydrogen-bond donors (Lipinski definition) is 1. The number of aromatic nitrogens is 3. The fourth-order valence-corrected chi connectivity index (χ4v) is 4.78. The van der Waals surface area contributed by atoms with E-state index in [9.17, 15) is 18.0 Å². The number of piperidine rings is 1. The van der Waals surface area contributed by atoms with Crippen LogP contribution >= 0.6 is 0 Å². The summed E-state index contributed by atoms with van der Waals surface area (Å²) in [7, 11) is 0. The van der Waals surface area contributed by atoms with Crippen molar-refractivity contribution < 1.29 is 18.0 Å². The third-order valence-electron chi connectivity index (χ3n) is 6.10. The highest BCUT2D eigenvalue weighted by Crippen LogP contribution is 2.48. The van der Waals surface area contributed by atoms with Crippen LogP contribution in [0.2, 0.25) is 0 Å². The average Bonchev–Trinajstić information content (AvgIpc) is 3.34. The van der Waals surface area contributed by atoms with Crippen molar-refractivity contribution in [1.82, 2.24) is 19.7 Å². The minimum absolute atomic E-state index is 0.0608. The van der Waals surface area contributed by atoms with Crippen LogP contribution in [0.15, 0.2) is 18.3 Å². The molecule has 2 bridgehead atoms. The zero-order valence-corrected chi connectivity index (χ0v) is 16.6. The van der Waals surface area contributed by atoms with E-state index in [1.165, 1.54) is 6.20 Å². The molecule has 2 fully saturated rings. The van der Waals surface area contributed by atoms with E-state index in [1.807, 2.05) is 29.5 Å². The molecule has 2 aromatic heterocycles. The fraction of sp³-hybridized carbons (Fsp3) is 0.550. The van der Waals surface area contributed by atoms with Gasteiger partial charge in [0.25, 0.3) is 0 Å². The molecule has 4 rings (SSSR count). The number of nitrogens with two attached hydrogens (primary N) is 1. The van der Waals surface area contributed by atoms with Gasteiger partial charge in [0.1, 0.15) is 5.82 Å². The lowest BCUT2D eigenvalue weighted by Gasteiger charge is -2.31. The molecule has 1 saturated heterocycles. The molecule has 0 radical (unpaired) electrons. The van der Waals surface area contributed by atoms with Crippen molar-refractivity contribution in [2.75, 3.05) is 12.3 Å². The van der Waals surface area contributed by atoms with Crippen LogP contribution in [0.3, 0.4) is 0 Å². The van der Waals surface area contributed by atoms with Gasteiger partial charge in [-0.3, -0.25) is 9.48 Å². The quantitative estimate of drug-likeness (QED) is 0.838. The van der Waals surface area contributed by atoms with Crippen LogP contribution in [0.5, 0.6) is 0 Å². The number of rotatable bonds is 3. The van der Waals surface area contributed by atoms with Crippen LogP contribution in [0.25, 0.3) is 11.3 Å². The van der Waals surface area contributed by atoms with Crippen LogP contribution in [0.4, 0.5) is 19.0 Å². The number of amides is 1. The largest absolute Gasteiger partial charge is 0.419 e. The Balaban J connectivity index is 1.70. The maximum atomic E-state index is 13.2. The third-order valence-corrected chi connectivity index (χ3v) is 6.10. The molecule has 156 valence electrons. The summed E-state index contributed by atoms with van der Waals surface area (Å²) in [5.41, 5.74) is 6.23. The van der Waals surface area contributed by atoms with Crippen LogP contribution in [-0.4, -0.2) is 38.2 Å². The number of nitrogens with zero attached hydrogens (tertiary/aromatic N) is 4. The molecule has 3 atom stereocenters. The predicted octanol–water partition coefficient (Wildman–Crippen LogP) is 3.85. The maximum absolute atomic E-state index is 13.2. The van der Waals surface area contributed by atoms with Crippen molar-refractivity contribution in [3.8, 4) is 11.3 Å². The van der Waals surface area contributed by atoms with Crippen molar-refractivity contribution >= 4 is 11.7 Å². The van der Waals surface area contributed by atoms with Crippen LogP contribution in [-0.2, 0) is 11.0 Å². The zero-order chi connectivity index (χ0) is 21.1. The topological polar surface area (TPSA) is 77.0 Å². The summed E-state index contributed by atoms with van der Waals surface area (Å²) in [5.74, 6) is 0.146. The lowest BCUT2D eigenvalue weighted by Crippen LogP contribution is -2.38. The van der Waals surface area contributed by atoms with Gasteiger partial charge in [-0.15, -0.1) is 0 Å². The van der Waals surface area contributed by atoms with E-state index in [0.29, 0.717) is 17.2 Å². The van der Waals surface area contributed by atoms with Crippen LogP contribution < -0.4 is 5.73 Å². The van der Waals surface area contributed by atoms with Crippen molar-refractivity contribution in [1.29, 1.82) is 0 Å². The molecular weight excluding hydrogens is 383 g/mol. The first kappa shape index (κ1) is 19.7. The van der Waals surface area contributed by atoms with Crippen molar-refractivity contribution in [3.05, 3.63) is 29.6 Å². The molecule has 29 heavy (non-hydrogen) atoms. The molecular formula is C20H24F3N5O. The van der Waals surface area contributed by atoms with E-state index in [-0.39, 0.29) is 23.9 Å². The minimum Gasteiger partial charge on any atom is -0.383 e. The Morgan fingerprint density at radius 2 is 2.00 bits per heavy atom. The molecule has 0 aromatic carbocycles. The van der Waals surface area contributed by atoms with E-state index in [4.69, 9.17) is 5.73 Å². The summed E-state index contributed by atoms with van der Waals surface area (Å²) in [6.45, 7) is 6.32. The van der Waals surface area contributed by atoms with Gasteiger partial charge in [0, 0.05) is 48.9 Å². The third kappa shape index (κ3) is 3.36. The number of likely N-dealkylation sites (tertiary alicyclic amines) is 1. The first-order valence-corrected chi connectivity index (χ1v) is 9.76. The standard InChI is InChI=1S/C20H24F3N5O/c1-10(2)28-18(15-6-14-4-13(15)9-27(14)11(3)29)7-17(26-28)12-5-16(20(21,22)23)19(24)25-8-12/h5,7-8,10,13-15H,4,6,9H2,1-3H3,(H2,24,25)/t13-,14?,15+/m1/s1. The highest BCUT2D eigenvalue weighted by Gasteiger charge is 2.47. The summed E-state index contributed by atoms with van der Waals surface area (Å²) < 4.78 is 41.6.